The Morgan fingerprint density at radius 1 is 0.824 bits per heavy atom. The quantitative estimate of drug-likeness (QED) is 0.350. The predicted octanol–water partition coefficient (Wildman–Crippen LogP) is 10.5. The standard InChI is InChI=1S/C34H62/c1-12-13-14-15-27-17-16-22(4)30-24(6)31-26(8)34(11)25(7)29(21(2)3)23(5)18-33(34,10)20-32(31,9)19-28(27)30/h21-31H,12-20H2,1-11H3/t22?,23?,24?,25?,26?,27?,28?,29?,30?,31?,32-,33+,34-/m0/s1. The highest BCUT2D eigenvalue weighted by atomic mass is 14.7. The third kappa shape index (κ3) is 3.88. The molecule has 0 N–H and O–H groups in total. The van der Waals surface area contributed by atoms with Gasteiger partial charge in [-0.05, 0) is 107 Å². The van der Waals surface area contributed by atoms with Crippen LogP contribution in [-0.4, -0.2) is 0 Å². The zero-order valence-corrected chi connectivity index (χ0v) is 25.2. The lowest BCUT2D eigenvalue weighted by Crippen LogP contribution is -2.67. The maximum atomic E-state index is 2.79. The van der Waals surface area contributed by atoms with E-state index in [0.29, 0.717) is 16.2 Å². The topological polar surface area (TPSA) is 0 Å². The van der Waals surface area contributed by atoms with Gasteiger partial charge in [-0.15, -0.1) is 0 Å². The lowest BCUT2D eigenvalue weighted by atomic mass is 9.32. The van der Waals surface area contributed by atoms with Gasteiger partial charge < -0.3 is 0 Å². The SMILES string of the molecule is CCCCCC1CCC(C)C2C(C)C3C(C)[C@]4(C)C(C)C(C(C)C)C(C)C[C@]4(C)C[C@]3(C)CC12. The average molecular weight is 471 g/mol. The maximum Gasteiger partial charge on any atom is -0.0215 e. The van der Waals surface area contributed by atoms with Crippen molar-refractivity contribution in [2.45, 2.75) is 134 Å². The van der Waals surface area contributed by atoms with Gasteiger partial charge in [-0.25, -0.2) is 0 Å². The highest BCUT2D eigenvalue weighted by Gasteiger charge is 2.68. The summed E-state index contributed by atoms with van der Waals surface area (Å²) in [7, 11) is 0. The van der Waals surface area contributed by atoms with Crippen LogP contribution in [0.2, 0.25) is 0 Å². The van der Waals surface area contributed by atoms with Crippen LogP contribution in [0.25, 0.3) is 0 Å². The van der Waals surface area contributed by atoms with E-state index in [0.717, 1.165) is 65.1 Å². The normalized spacial score (nSPS) is 55.4. The Morgan fingerprint density at radius 2 is 1.50 bits per heavy atom. The molecule has 0 aromatic heterocycles. The van der Waals surface area contributed by atoms with E-state index in [2.05, 4.69) is 76.2 Å². The molecule has 0 saturated heterocycles. The van der Waals surface area contributed by atoms with E-state index in [1.165, 1.54) is 51.4 Å². The van der Waals surface area contributed by atoms with Gasteiger partial charge in [-0.3, -0.25) is 0 Å². The van der Waals surface area contributed by atoms with Crippen molar-refractivity contribution >= 4 is 0 Å². The summed E-state index contributed by atoms with van der Waals surface area (Å²) in [5.41, 5.74) is 1.50. The van der Waals surface area contributed by atoms with Crippen LogP contribution < -0.4 is 0 Å². The molecular weight excluding hydrogens is 408 g/mol. The van der Waals surface area contributed by atoms with Crippen LogP contribution in [0.1, 0.15) is 134 Å². The van der Waals surface area contributed by atoms with Crippen molar-refractivity contribution in [2.75, 3.05) is 0 Å². The fraction of sp³-hybridized carbons (Fsp3) is 1.00. The maximum absolute atomic E-state index is 2.79. The van der Waals surface area contributed by atoms with Crippen LogP contribution in [0.3, 0.4) is 0 Å². The molecule has 13 atom stereocenters. The first-order chi connectivity index (χ1) is 15.8. The minimum absolute atomic E-state index is 0.470. The first-order valence-electron chi connectivity index (χ1n) is 15.8. The molecule has 4 aliphatic carbocycles. The van der Waals surface area contributed by atoms with Crippen LogP contribution in [0, 0.1) is 81.3 Å². The molecule has 0 radical (unpaired) electrons. The molecule has 0 bridgehead atoms. The van der Waals surface area contributed by atoms with Gasteiger partial charge in [-0.2, -0.15) is 0 Å². The lowest BCUT2D eigenvalue weighted by molar-refractivity contribution is -0.247. The van der Waals surface area contributed by atoms with Crippen molar-refractivity contribution in [3.63, 3.8) is 0 Å². The van der Waals surface area contributed by atoms with Gasteiger partial charge in [0.15, 0.2) is 0 Å². The molecule has 0 amide bonds. The summed E-state index contributed by atoms with van der Waals surface area (Å²) in [5.74, 6) is 9.96. The monoisotopic (exact) mass is 470 g/mol. The average Bonchev–Trinajstić information content (AvgIpc) is 2.72. The summed E-state index contributed by atoms with van der Waals surface area (Å²) in [6, 6.07) is 0. The highest BCUT2D eigenvalue weighted by Crippen LogP contribution is 2.75. The summed E-state index contributed by atoms with van der Waals surface area (Å²) in [6.45, 7) is 29.1. The van der Waals surface area contributed by atoms with Crippen LogP contribution in [0.15, 0.2) is 0 Å². The summed E-state index contributed by atoms with van der Waals surface area (Å²) < 4.78 is 0. The molecule has 0 nitrogen and oxygen atoms in total. The third-order valence-electron chi connectivity index (χ3n) is 13.9. The predicted molar refractivity (Wildman–Crippen MR) is 150 cm³/mol. The zero-order valence-electron chi connectivity index (χ0n) is 25.2. The number of fused-ring (bicyclic) bond motifs is 3. The largest absolute Gasteiger partial charge is 0.0654 e. The van der Waals surface area contributed by atoms with Gasteiger partial charge in [0.1, 0.15) is 0 Å². The molecular formula is C34H62. The Labute approximate surface area is 215 Å². The molecule has 4 aliphatic rings. The zero-order chi connectivity index (χ0) is 25.2. The van der Waals surface area contributed by atoms with Gasteiger partial charge in [0.05, 0.1) is 0 Å². The smallest absolute Gasteiger partial charge is 0.0215 e. The Balaban J connectivity index is 1.71. The van der Waals surface area contributed by atoms with E-state index in [-0.39, 0.29) is 0 Å². The van der Waals surface area contributed by atoms with Crippen LogP contribution in [-0.2, 0) is 0 Å². The fourth-order valence-electron chi connectivity index (χ4n) is 12.9. The van der Waals surface area contributed by atoms with Crippen molar-refractivity contribution in [1.82, 2.24) is 0 Å². The van der Waals surface area contributed by atoms with E-state index in [4.69, 9.17) is 0 Å². The second-order valence-corrected chi connectivity index (χ2v) is 15.9. The first kappa shape index (κ1) is 27.0. The van der Waals surface area contributed by atoms with E-state index in [1.54, 1.807) is 6.42 Å². The number of rotatable bonds is 5. The van der Waals surface area contributed by atoms with Gasteiger partial charge in [0.25, 0.3) is 0 Å². The molecule has 4 fully saturated rings. The van der Waals surface area contributed by atoms with Crippen molar-refractivity contribution in [1.29, 1.82) is 0 Å². The lowest BCUT2D eigenvalue weighted by Gasteiger charge is -2.73. The summed E-state index contributed by atoms with van der Waals surface area (Å²) in [4.78, 5) is 0. The molecule has 0 aliphatic heterocycles. The first-order valence-corrected chi connectivity index (χ1v) is 15.8. The number of unbranched alkanes of at least 4 members (excludes halogenated alkanes) is 2. The van der Waals surface area contributed by atoms with Crippen molar-refractivity contribution in [2.24, 2.45) is 81.3 Å². The van der Waals surface area contributed by atoms with E-state index in [1.807, 2.05) is 0 Å². The molecule has 0 spiro atoms. The molecule has 198 valence electrons. The second kappa shape index (κ2) is 9.39. The van der Waals surface area contributed by atoms with Gasteiger partial charge in [0.2, 0.25) is 0 Å². The molecule has 0 aromatic rings. The Bertz CT molecular complexity index is 707. The highest BCUT2D eigenvalue weighted by molar-refractivity contribution is 5.16. The Hall–Kier alpha value is 0. The van der Waals surface area contributed by atoms with Gasteiger partial charge in [-0.1, -0.05) is 108 Å². The molecule has 34 heavy (non-hydrogen) atoms. The number of hydrogen-bond donors (Lipinski definition) is 0. The van der Waals surface area contributed by atoms with E-state index in [9.17, 15) is 0 Å². The summed E-state index contributed by atoms with van der Waals surface area (Å²) in [6.07, 6.45) is 13.3. The Morgan fingerprint density at radius 3 is 2.12 bits per heavy atom. The molecule has 0 aromatic carbocycles. The van der Waals surface area contributed by atoms with Crippen LogP contribution in [0.4, 0.5) is 0 Å². The Kier molecular flexibility index (Phi) is 7.47. The van der Waals surface area contributed by atoms with E-state index < -0.39 is 0 Å². The van der Waals surface area contributed by atoms with Crippen molar-refractivity contribution in [3.8, 4) is 0 Å². The summed E-state index contributed by atoms with van der Waals surface area (Å²) >= 11 is 0. The third-order valence-corrected chi connectivity index (χ3v) is 13.9. The number of hydrogen-bond acceptors (Lipinski definition) is 0. The molecule has 0 heteroatoms. The van der Waals surface area contributed by atoms with Crippen molar-refractivity contribution < 1.29 is 0 Å². The van der Waals surface area contributed by atoms with E-state index >= 15 is 0 Å². The molecule has 0 heterocycles. The fourth-order valence-corrected chi connectivity index (χ4v) is 12.9. The van der Waals surface area contributed by atoms with Crippen molar-refractivity contribution in [3.05, 3.63) is 0 Å². The molecule has 4 saturated carbocycles. The minimum atomic E-state index is 0.470. The van der Waals surface area contributed by atoms with Gasteiger partial charge in [0, 0.05) is 0 Å². The summed E-state index contributed by atoms with van der Waals surface area (Å²) in [5, 5.41) is 0. The van der Waals surface area contributed by atoms with Crippen LogP contribution >= 0.6 is 0 Å². The second-order valence-electron chi connectivity index (χ2n) is 15.9. The minimum Gasteiger partial charge on any atom is -0.0654 e. The molecule has 4 rings (SSSR count). The molecule has 10 unspecified atom stereocenters. The van der Waals surface area contributed by atoms with Crippen LogP contribution in [0.5, 0.6) is 0 Å². The van der Waals surface area contributed by atoms with Gasteiger partial charge >= 0.3 is 0 Å².